The van der Waals surface area contributed by atoms with E-state index in [1.54, 1.807) is 12.3 Å². The molecule has 0 atom stereocenters. The predicted octanol–water partition coefficient (Wildman–Crippen LogP) is 3.49. The van der Waals surface area contributed by atoms with Crippen molar-refractivity contribution in [3.8, 4) is 5.75 Å². The fourth-order valence-corrected chi connectivity index (χ4v) is 3.45. The number of benzene rings is 1. The van der Waals surface area contributed by atoms with Crippen LogP contribution >= 0.6 is 26.6 Å². The monoisotopic (exact) mass is 390 g/mol. The van der Waals surface area contributed by atoms with E-state index >= 15 is 0 Å². The van der Waals surface area contributed by atoms with Gasteiger partial charge in [0.15, 0.2) is 0 Å². The molecule has 3 rings (SSSR count). The summed E-state index contributed by atoms with van der Waals surface area (Å²) < 4.78 is 30.9. The average Bonchev–Trinajstić information content (AvgIpc) is 3.15. The van der Waals surface area contributed by atoms with Crippen molar-refractivity contribution in [3.63, 3.8) is 0 Å². The summed E-state index contributed by atoms with van der Waals surface area (Å²) in [7, 11) is 1.57. The van der Waals surface area contributed by atoms with Gasteiger partial charge < -0.3 is 9.30 Å². The zero-order valence-electron chi connectivity index (χ0n) is 10.9. The molecule has 2 aromatic rings. The topological polar surface area (TPSA) is 61.2 Å². The van der Waals surface area contributed by atoms with Gasteiger partial charge in [-0.05, 0) is 47.0 Å². The highest BCUT2D eigenvalue weighted by molar-refractivity contribution is 9.10. The number of aromatic nitrogens is 2. The van der Waals surface area contributed by atoms with Gasteiger partial charge in [0, 0.05) is 16.7 Å². The molecule has 0 N–H and O–H groups in total. The predicted molar refractivity (Wildman–Crippen MR) is 82.0 cm³/mol. The average molecular weight is 392 g/mol. The summed E-state index contributed by atoms with van der Waals surface area (Å²) in [6.45, 7) is 0.377. The van der Waals surface area contributed by atoms with Crippen molar-refractivity contribution in [1.29, 1.82) is 0 Å². The van der Waals surface area contributed by atoms with Crippen molar-refractivity contribution in [3.05, 3.63) is 40.9 Å². The molecule has 21 heavy (non-hydrogen) atoms. The fourth-order valence-electron chi connectivity index (χ4n) is 2.03. The minimum absolute atomic E-state index is 0.0337. The molecule has 0 amide bonds. The van der Waals surface area contributed by atoms with E-state index in [-0.39, 0.29) is 4.90 Å². The Balaban J connectivity index is 1.74. The standard InChI is InChI=1S/C13H12BrClN2O3S/c14-12-5-11(21(15,18)19)3-4-13(12)20-7-10-6-16-8-17(10)9-1-2-9/h3-6,8-9H,1-2,7H2. The highest BCUT2D eigenvalue weighted by Crippen LogP contribution is 2.36. The lowest BCUT2D eigenvalue weighted by molar-refractivity contribution is 0.293. The Morgan fingerprint density at radius 3 is 2.81 bits per heavy atom. The first-order valence-electron chi connectivity index (χ1n) is 6.33. The molecule has 0 saturated heterocycles. The van der Waals surface area contributed by atoms with E-state index in [2.05, 4.69) is 25.5 Å². The molecule has 8 heteroatoms. The van der Waals surface area contributed by atoms with Gasteiger partial charge in [-0.15, -0.1) is 0 Å². The molecule has 0 spiro atoms. The summed E-state index contributed by atoms with van der Waals surface area (Å²) in [6, 6.07) is 4.96. The number of rotatable bonds is 5. The van der Waals surface area contributed by atoms with Gasteiger partial charge >= 0.3 is 0 Å². The van der Waals surface area contributed by atoms with Gasteiger partial charge in [-0.2, -0.15) is 0 Å². The lowest BCUT2D eigenvalue weighted by Gasteiger charge is -2.10. The molecular formula is C13H12BrClN2O3S. The van der Waals surface area contributed by atoms with Gasteiger partial charge in [-0.3, -0.25) is 0 Å². The third-order valence-corrected chi connectivity index (χ3v) is 5.22. The first-order valence-corrected chi connectivity index (χ1v) is 9.43. The van der Waals surface area contributed by atoms with Crippen molar-refractivity contribution < 1.29 is 13.2 Å². The van der Waals surface area contributed by atoms with Crippen LogP contribution in [0.1, 0.15) is 24.6 Å². The summed E-state index contributed by atoms with van der Waals surface area (Å²) in [5.74, 6) is 0.558. The Bertz CT molecular complexity index is 771. The normalized spacial score (nSPS) is 15.1. The highest BCUT2D eigenvalue weighted by atomic mass is 79.9. The molecule has 0 radical (unpaired) electrons. The van der Waals surface area contributed by atoms with E-state index in [0.29, 0.717) is 22.9 Å². The van der Waals surface area contributed by atoms with E-state index < -0.39 is 9.05 Å². The van der Waals surface area contributed by atoms with Crippen molar-refractivity contribution in [2.45, 2.75) is 30.4 Å². The summed E-state index contributed by atoms with van der Waals surface area (Å²) in [4.78, 5) is 4.17. The lowest BCUT2D eigenvalue weighted by Crippen LogP contribution is -2.04. The smallest absolute Gasteiger partial charge is 0.261 e. The number of hydrogen-bond acceptors (Lipinski definition) is 4. The summed E-state index contributed by atoms with van der Waals surface area (Å²) in [5, 5.41) is 0. The second-order valence-electron chi connectivity index (χ2n) is 4.84. The Morgan fingerprint density at radius 2 is 2.19 bits per heavy atom. The maximum absolute atomic E-state index is 11.3. The Labute approximate surface area is 135 Å². The van der Waals surface area contributed by atoms with E-state index in [4.69, 9.17) is 15.4 Å². The minimum Gasteiger partial charge on any atom is -0.486 e. The maximum Gasteiger partial charge on any atom is 0.261 e. The van der Waals surface area contributed by atoms with Crippen LogP contribution in [0.3, 0.4) is 0 Å². The first kappa shape index (κ1) is 14.9. The SMILES string of the molecule is O=S(=O)(Cl)c1ccc(OCc2cncn2C2CC2)c(Br)c1. The van der Waals surface area contributed by atoms with Gasteiger partial charge in [0.25, 0.3) is 9.05 Å². The first-order chi connectivity index (χ1) is 9.95. The molecule has 1 heterocycles. The highest BCUT2D eigenvalue weighted by Gasteiger charge is 2.25. The van der Waals surface area contributed by atoms with Gasteiger partial charge in [0.1, 0.15) is 12.4 Å². The van der Waals surface area contributed by atoms with Crippen LogP contribution in [-0.4, -0.2) is 18.0 Å². The van der Waals surface area contributed by atoms with E-state index in [0.717, 1.165) is 5.69 Å². The third kappa shape index (κ3) is 3.41. The van der Waals surface area contributed by atoms with E-state index in [9.17, 15) is 8.42 Å². The van der Waals surface area contributed by atoms with Gasteiger partial charge in [-0.25, -0.2) is 13.4 Å². The molecule has 5 nitrogen and oxygen atoms in total. The van der Waals surface area contributed by atoms with Crippen LogP contribution in [0.2, 0.25) is 0 Å². The minimum atomic E-state index is -3.74. The zero-order chi connectivity index (χ0) is 15.0. The lowest BCUT2D eigenvalue weighted by atomic mass is 10.3. The molecule has 0 bridgehead atoms. The van der Waals surface area contributed by atoms with Gasteiger partial charge in [0.2, 0.25) is 0 Å². The van der Waals surface area contributed by atoms with Crippen LogP contribution < -0.4 is 4.74 Å². The molecule has 1 aromatic carbocycles. The number of ether oxygens (including phenoxy) is 1. The molecule has 1 aliphatic rings. The zero-order valence-corrected chi connectivity index (χ0v) is 14.0. The Morgan fingerprint density at radius 1 is 1.43 bits per heavy atom. The number of nitrogens with zero attached hydrogens (tertiary/aromatic N) is 2. The second kappa shape index (κ2) is 5.62. The largest absolute Gasteiger partial charge is 0.486 e. The summed E-state index contributed by atoms with van der Waals surface area (Å²) in [6.07, 6.45) is 5.95. The summed E-state index contributed by atoms with van der Waals surface area (Å²) in [5.41, 5.74) is 0.999. The number of imidazole rings is 1. The molecule has 1 aromatic heterocycles. The van der Waals surface area contributed by atoms with Crippen molar-refractivity contribution in [2.75, 3.05) is 0 Å². The molecule has 0 unspecified atom stereocenters. The summed E-state index contributed by atoms with van der Waals surface area (Å²) >= 11 is 3.29. The number of halogens is 2. The van der Waals surface area contributed by atoms with Gasteiger partial charge in [0.05, 0.1) is 27.6 Å². The van der Waals surface area contributed by atoms with E-state index in [1.807, 2.05) is 6.33 Å². The van der Waals surface area contributed by atoms with Crippen LogP contribution in [0.25, 0.3) is 0 Å². The van der Waals surface area contributed by atoms with Crippen LogP contribution in [0.4, 0.5) is 0 Å². The molecule has 112 valence electrons. The molecule has 0 aliphatic heterocycles. The fraction of sp³-hybridized carbons (Fsp3) is 0.308. The van der Waals surface area contributed by atoms with Crippen molar-refractivity contribution in [1.82, 2.24) is 9.55 Å². The van der Waals surface area contributed by atoms with Crippen LogP contribution in [0.5, 0.6) is 5.75 Å². The number of hydrogen-bond donors (Lipinski definition) is 0. The van der Waals surface area contributed by atoms with Crippen LogP contribution in [0.15, 0.2) is 40.1 Å². The Hall–Kier alpha value is -1.05. The van der Waals surface area contributed by atoms with Gasteiger partial charge in [-0.1, -0.05) is 0 Å². The Kier molecular flexibility index (Phi) is 3.98. The van der Waals surface area contributed by atoms with Crippen molar-refractivity contribution in [2.24, 2.45) is 0 Å². The third-order valence-electron chi connectivity index (χ3n) is 3.25. The molecule has 1 fully saturated rings. The molecule has 1 saturated carbocycles. The maximum atomic E-state index is 11.3. The quantitative estimate of drug-likeness (QED) is 0.732. The molecular weight excluding hydrogens is 380 g/mol. The molecule has 1 aliphatic carbocycles. The van der Waals surface area contributed by atoms with Crippen LogP contribution in [0, 0.1) is 0 Å². The van der Waals surface area contributed by atoms with Crippen molar-refractivity contribution >= 4 is 35.7 Å². The van der Waals surface area contributed by atoms with Crippen LogP contribution in [-0.2, 0) is 15.7 Å². The second-order valence-corrected chi connectivity index (χ2v) is 8.26. The van der Waals surface area contributed by atoms with E-state index in [1.165, 1.54) is 25.0 Å².